The van der Waals surface area contributed by atoms with Gasteiger partial charge in [-0.2, -0.15) is 14.9 Å². The molecule has 2 aromatic carbocycles. The van der Waals surface area contributed by atoms with Crippen LogP contribution in [0.1, 0.15) is 5.56 Å². The van der Waals surface area contributed by atoms with E-state index in [0.29, 0.717) is 21.4 Å². The summed E-state index contributed by atoms with van der Waals surface area (Å²) < 4.78 is 16.1. The molecule has 0 saturated carbocycles. The summed E-state index contributed by atoms with van der Waals surface area (Å²) in [4.78, 5) is 0. The molecule has 3 rings (SSSR count). The van der Waals surface area contributed by atoms with Gasteiger partial charge in [0.2, 0.25) is 4.77 Å². The predicted octanol–water partition coefficient (Wildman–Crippen LogP) is 4.86. The first-order valence-corrected chi connectivity index (χ1v) is 8.61. The third kappa shape index (κ3) is 3.47. The van der Waals surface area contributed by atoms with Gasteiger partial charge in [0.15, 0.2) is 5.82 Å². The second kappa shape index (κ2) is 6.96. The van der Waals surface area contributed by atoms with Crippen LogP contribution in [0.4, 0.5) is 4.39 Å². The molecule has 0 saturated heterocycles. The molecule has 2 N–H and O–H groups in total. The Morgan fingerprint density at radius 2 is 1.96 bits per heavy atom. The Kier molecular flexibility index (Phi) is 4.93. The van der Waals surface area contributed by atoms with Crippen molar-refractivity contribution in [2.45, 2.75) is 0 Å². The first-order valence-electron chi connectivity index (χ1n) is 6.61. The number of rotatable bonds is 3. The van der Waals surface area contributed by atoms with Crippen LogP contribution in [0.15, 0.2) is 50.4 Å². The zero-order valence-corrected chi connectivity index (χ0v) is 15.9. The lowest BCUT2D eigenvalue weighted by Crippen LogP contribution is -1.95. The first-order chi connectivity index (χ1) is 11.5. The zero-order chi connectivity index (χ0) is 17.3. The van der Waals surface area contributed by atoms with Gasteiger partial charge >= 0.3 is 0 Å². The molecule has 0 aliphatic rings. The number of aromatic amines is 1. The van der Waals surface area contributed by atoms with E-state index in [1.807, 2.05) is 0 Å². The Bertz CT molecular complexity index is 982. The molecule has 0 atom stereocenters. The van der Waals surface area contributed by atoms with Gasteiger partial charge in [0.05, 0.1) is 10.7 Å². The molecule has 1 heterocycles. The summed E-state index contributed by atoms with van der Waals surface area (Å²) in [5, 5.41) is 21.1. The van der Waals surface area contributed by atoms with Gasteiger partial charge in [-0.3, -0.25) is 0 Å². The summed E-state index contributed by atoms with van der Waals surface area (Å²) in [5.74, 6) is 0.150. The molecule has 24 heavy (non-hydrogen) atoms. The number of halogens is 3. The van der Waals surface area contributed by atoms with Crippen molar-refractivity contribution in [3.05, 3.63) is 61.5 Å². The van der Waals surface area contributed by atoms with Crippen molar-refractivity contribution >= 4 is 50.3 Å². The van der Waals surface area contributed by atoms with Crippen molar-refractivity contribution in [2.75, 3.05) is 0 Å². The number of aromatic nitrogens is 3. The Hall–Kier alpha value is -1.84. The molecule has 0 aliphatic carbocycles. The molecule has 1 aromatic heterocycles. The number of nitrogens with zero attached hydrogens (tertiary/aromatic N) is 3. The lowest BCUT2D eigenvalue weighted by atomic mass is 10.2. The van der Waals surface area contributed by atoms with Crippen LogP contribution >= 0.6 is 44.1 Å². The number of phenols is 1. The largest absolute Gasteiger partial charge is 0.506 e. The van der Waals surface area contributed by atoms with Crippen molar-refractivity contribution in [1.82, 2.24) is 14.9 Å². The van der Waals surface area contributed by atoms with Gasteiger partial charge in [-0.1, -0.05) is 15.9 Å². The minimum absolute atomic E-state index is 0.0558. The molecule has 0 aliphatic heterocycles. The third-order valence-corrected chi connectivity index (χ3v) is 4.45. The lowest BCUT2D eigenvalue weighted by Gasteiger charge is -2.04. The van der Waals surface area contributed by atoms with E-state index in [9.17, 15) is 9.50 Å². The fourth-order valence-electron chi connectivity index (χ4n) is 1.99. The number of hydrogen-bond acceptors (Lipinski definition) is 4. The number of aromatic hydroxyl groups is 1. The molecule has 5 nitrogen and oxygen atoms in total. The molecule has 0 radical (unpaired) electrons. The topological polar surface area (TPSA) is 66.2 Å². The van der Waals surface area contributed by atoms with Crippen molar-refractivity contribution in [1.29, 1.82) is 0 Å². The van der Waals surface area contributed by atoms with Crippen LogP contribution < -0.4 is 0 Å². The highest BCUT2D eigenvalue weighted by atomic mass is 79.9. The van der Waals surface area contributed by atoms with Crippen molar-refractivity contribution in [3.63, 3.8) is 0 Å². The first kappa shape index (κ1) is 17.0. The van der Waals surface area contributed by atoms with E-state index in [1.54, 1.807) is 24.3 Å². The summed E-state index contributed by atoms with van der Waals surface area (Å²) in [6.45, 7) is 0. The minimum Gasteiger partial charge on any atom is -0.506 e. The van der Waals surface area contributed by atoms with E-state index in [2.05, 4.69) is 47.2 Å². The number of phenolic OH excluding ortho intramolecular Hbond substituents is 1. The molecule has 0 amide bonds. The average molecular weight is 472 g/mol. The van der Waals surface area contributed by atoms with Gasteiger partial charge < -0.3 is 5.11 Å². The van der Waals surface area contributed by atoms with Crippen LogP contribution in [0.3, 0.4) is 0 Å². The third-order valence-electron chi connectivity index (χ3n) is 3.12. The smallest absolute Gasteiger partial charge is 0.216 e. The van der Waals surface area contributed by atoms with Gasteiger partial charge in [0, 0.05) is 15.6 Å². The molecule has 0 bridgehead atoms. The maximum atomic E-state index is 13.1. The van der Waals surface area contributed by atoms with Gasteiger partial charge in [-0.25, -0.2) is 9.49 Å². The quantitative estimate of drug-likeness (QED) is 0.423. The summed E-state index contributed by atoms with van der Waals surface area (Å²) in [5.41, 5.74) is 1.14. The number of benzene rings is 2. The van der Waals surface area contributed by atoms with E-state index in [0.717, 1.165) is 4.47 Å². The molecular weight excluding hydrogens is 463 g/mol. The second-order valence-electron chi connectivity index (χ2n) is 4.74. The van der Waals surface area contributed by atoms with E-state index >= 15 is 0 Å². The van der Waals surface area contributed by atoms with Gasteiger partial charge in [-0.15, -0.1) is 0 Å². The maximum Gasteiger partial charge on any atom is 0.216 e. The highest BCUT2D eigenvalue weighted by Gasteiger charge is 2.09. The predicted molar refractivity (Wildman–Crippen MR) is 99.3 cm³/mol. The Morgan fingerprint density at radius 3 is 2.67 bits per heavy atom. The van der Waals surface area contributed by atoms with Crippen LogP contribution in [-0.4, -0.2) is 26.2 Å². The summed E-state index contributed by atoms with van der Waals surface area (Å²) in [6, 6.07) is 9.26. The lowest BCUT2D eigenvalue weighted by molar-refractivity contribution is 0.471. The number of H-pyrrole nitrogens is 1. The fourth-order valence-corrected chi connectivity index (χ4v) is 3.43. The average Bonchev–Trinajstić information content (AvgIpc) is 2.91. The molecule has 0 spiro atoms. The van der Waals surface area contributed by atoms with E-state index in [1.165, 1.54) is 23.0 Å². The van der Waals surface area contributed by atoms with E-state index in [4.69, 9.17) is 12.2 Å². The number of nitrogens with one attached hydrogen (secondary N) is 1. The summed E-state index contributed by atoms with van der Waals surface area (Å²) >= 11 is 11.8. The molecule has 0 fully saturated rings. The normalized spacial score (nSPS) is 11.3. The highest BCUT2D eigenvalue weighted by molar-refractivity contribution is 9.11. The van der Waals surface area contributed by atoms with Gasteiger partial charge in [-0.05, 0) is 64.5 Å². The van der Waals surface area contributed by atoms with Crippen LogP contribution in [0.2, 0.25) is 0 Å². The summed E-state index contributed by atoms with van der Waals surface area (Å²) in [7, 11) is 0. The zero-order valence-electron chi connectivity index (χ0n) is 11.9. The van der Waals surface area contributed by atoms with E-state index in [-0.39, 0.29) is 16.3 Å². The van der Waals surface area contributed by atoms with Crippen molar-refractivity contribution in [2.24, 2.45) is 5.10 Å². The van der Waals surface area contributed by atoms with Crippen molar-refractivity contribution < 1.29 is 9.50 Å². The summed E-state index contributed by atoms with van der Waals surface area (Å²) in [6.07, 6.45) is 1.46. The maximum absolute atomic E-state index is 13.1. The monoisotopic (exact) mass is 470 g/mol. The Labute approximate surface area is 158 Å². The second-order valence-corrected chi connectivity index (χ2v) is 6.90. The van der Waals surface area contributed by atoms with Crippen LogP contribution in [0.5, 0.6) is 5.75 Å². The number of hydrogen-bond donors (Lipinski definition) is 2. The molecular formula is C15H9Br2FN4OS. The Morgan fingerprint density at radius 1 is 1.25 bits per heavy atom. The van der Waals surface area contributed by atoms with Crippen LogP contribution in [-0.2, 0) is 0 Å². The minimum atomic E-state index is -0.341. The SMILES string of the molecule is Oc1c(Br)cc(Br)cc1C=Nn1c(-c2ccc(F)cc2)n[nH]c1=S. The molecule has 3 aromatic rings. The molecule has 9 heteroatoms. The van der Waals surface area contributed by atoms with Crippen molar-refractivity contribution in [3.8, 4) is 17.1 Å². The van der Waals surface area contributed by atoms with Crippen LogP contribution in [0, 0.1) is 10.6 Å². The van der Waals surface area contributed by atoms with Gasteiger partial charge in [0.25, 0.3) is 0 Å². The fraction of sp³-hybridized carbons (Fsp3) is 0. The van der Waals surface area contributed by atoms with Crippen LogP contribution in [0.25, 0.3) is 11.4 Å². The highest BCUT2D eigenvalue weighted by Crippen LogP contribution is 2.30. The Balaban J connectivity index is 2.04. The molecule has 0 unspecified atom stereocenters. The van der Waals surface area contributed by atoms with E-state index < -0.39 is 0 Å². The van der Waals surface area contributed by atoms with Gasteiger partial charge in [0.1, 0.15) is 11.6 Å². The molecule has 122 valence electrons. The standard InChI is InChI=1S/C15H9Br2FN4OS/c16-10-5-9(13(23)12(17)6-10)7-19-22-14(20-21-15(22)24)8-1-3-11(18)4-2-8/h1-7,23H,(H,21,24).